The lowest BCUT2D eigenvalue weighted by Crippen LogP contribution is -2.02. The van der Waals surface area contributed by atoms with Crippen molar-refractivity contribution < 1.29 is 19.2 Å². The van der Waals surface area contributed by atoms with Gasteiger partial charge in [0.2, 0.25) is 0 Å². The summed E-state index contributed by atoms with van der Waals surface area (Å²) in [5.74, 6) is -0.131. The van der Waals surface area contributed by atoms with Gasteiger partial charge in [0.05, 0.1) is 11.5 Å². The van der Waals surface area contributed by atoms with Gasteiger partial charge in [-0.15, -0.1) is 0 Å². The van der Waals surface area contributed by atoms with Crippen molar-refractivity contribution >= 4 is 21.6 Å². The van der Waals surface area contributed by atoms with Gasteiger partial charge >= 0.3 is 0 Å². The Balaban J connectivity index is 2.19. The highest BCUT2D eigenvalue weighted by Gasteiger charge is 2.12. The van der Waals surface area contributed by atoms with Gasteiger partial charge in [-0.2, -0.15) is 0 Å². The van der Waals surface area contributed by atoms with Gasteiger partial charge in [-0.1, -0.05) is 15.9 Å². The molecule has 0 aliphatic rings. The quantitative estimate of drug-likeness (QED) is 0.657. The van der Waals surface area contributed by atoms with E-state index in [1.807, 2.05) is 0 Å². The normalized spacial score (nSPS) is 10.4. The number of ether oxygens (including phenoxy) is 1. The molecule has 2 aromatic carbocycles. The fourth-order valence-corrected chi connectivity index (χ4v) is 2.16. The summed E-state index contributed by atoms with van der Waals surface area (Å²) >= 11 is 3.24. The molecule has 5 nitrogen and oxygen atoms in total. The molecular weight excluding hydrogens is 345 g/mol. The molecule has 110 valence electrons. The first-order valence-electron chi connectivity index (χ1n) is 5.96. The third kappa shape index (κ3) is 3.77. The number of benzene rings is 2. The van der Waals surface area contributed by atoms with E-state index in [4.69, 9.17) is 4.74 Å². The standard InChI is InChI=1S/C14H11BrFNO4/c15-11-1-3-13(16)10(5-11)8-21-14-4-2-12(17(19)20)6-9(14)7-18/h1-6,18H,7-8H2. The highest BCUT2D eigenvalue weighted by atomic mass is 79.9. The Morgan fingerprint density at radius 3 is 2.67 bits per heavy atom. The largest absolute Gasteiger partial charge is 0.488 e. The molecule has 0 atom stereocenters. The summed E-state index contributed by atoms with van der Waals surface area (Å²) in [5, 5.41) is 19.9. The van der Waals surface area contributed by atoms with Crippen molar-refractivity contribution in [2.75, 3.05) is 0 Å². The van der Waals surface area contributed by atoms with Crippen LogP contribution in [0.3, 0.4) is 0 Å². The molecule has 0 unspecified atom stereocenters. The van der Waals surface area contributed by atoms with Gasteiger partial charge in [0.1, 0.15) is 18.2 Å². The summed E-state index contributed by atoms with van der Waals surface area (Å²) in [6.45, 7) is -0.450. The van der Waals surface area contributed by atoms with Gasteiger partial charge in [0, 0.05) is 27.7 Å². The summed E-state index contributed by atoms with van der Waals surface area (Å²) in [5.41, 5.74) is 0.478. The number of rotatable bonds is 5. The SMILES string of the molecule is O=[N+]([O-])c1ccc(OCc2cc(Br)ccc2F)c(CO)c1. The zero-order valence-electron chi connectivity index (χ0n) is 10.8. The zero-order chi connectivity index (χ0) is 15.4. The Morgan fingerprint density at radius 2 is 2.00 bits per heavy atom. The first-order chi connectivity index (χ1) is 10.0. The van der Waals surface area contributed by atoms with E-state index in [0.29, 0.717) is 10.0 Å². The van der Waals surface area contributed by atoms with Gasteiger partial charge in [-0.3, -0.25) is 10.1 Å². The number of nitro benzene ring substituents is 1. The first kappa shape index (κ1) is 15.4. The second kappa shape index (κ2) is 6.64. The van der Waals surface area contributed by atoms with Gasteiger partial charge < -0.3 is 9.84 Å². The van der Waals surface area contributed by atoms with Crippen LogP contribution in [0, 0.1) is 15.9 Å². The molecule has 0 aliphatic heterocycles. The molecule has 0 spiro atoms. The molecule has 7 heteroatoms. The van der Waals surface area contributed by atoms with E-state index in [9.17, 15) is 19.6 Å². The van der Waals surface area contributed by atoms with E-state index < -0.39 is 17.3 Å². The Bertz CT molecular complexity index is 678. The van der Waals surface area contributed by atoms with Crippen LogP contribution in [0.25, 0.3) is 0 Å². The van der Waals surface area contributed by atoms with Crippen LogP contribution in [-0.4, -0.2) is 10.0 Å². The Morgan fingerprint density at radius 1 is 1.24 bits per heavy atom. The fraction of sp³-hybridized carbons (Fsp3) is 0.143. The lowest BCUT2D eigenvalue weighted by molar-refractivity contribution is -0.385. The highest BCUT2D eigenvalue weighted by molar-refractivity contribution is 9.10. The van der Waals surface area contributed by atoms with Gasteiger partial charge in [-0.05, 0) is 24.3 Å². The number of halogens is 2. The third-order valence-electron chi connectivity index (χ3n) is 2.82. The summed E-state index contributed by atoms with van der Waals surface area (Å²) < 4.78 is 19.7. The van der Waals surface area contributed by atoms with Crippen molar-refractivity contribution in [3.05, 3.63) is 67.9 Å². The molecule has 21 heavy (non-hydrogen) atoms. The van der Waals surface area contributed by atoms with Crippen LogP contribution >= 0.6 is 15.9 Å². The topological polar surface area (TPSA) is 72.6 Å². The molecule has 0 radical (unpaired) electrons. The van der Waals surface area contributed by atoms with Crippen molar-refractivity contribution in [2.24, 2.45) is 0 Å². The van der Waals surface area contributed by atoms with E-state index in [2.05, 4.69) is 15.9 Å². The molecule has 2 aromatic rings. The predicted octanol–water partition coefficient (Wildman–Crippen LogP) is 3.57. The molecule has 0 heterocycles. The van der Waals surface area contributed by atoms with Crippen molar-refractivity contribution in [2.45, 2.75) is 13.2 Å². The minimum absolute atomic E-state index is 0.0456. The van der Waals surface area contributed by atoms with E-state index in [1.165, 1.54) is 24.3 Å². The van der Waals surface area contributed by atoms with Crippen molar-refractivity contribution in [3.63, 3.8) is 0 Å². The molecular formula is C14H11BrFNO4. The van der Waals surface area contributed by atoms with Gasteiger partial charge in [-0.25, -0.2) is 4.39 Å². The Hall–Kier alpha value is -1.99. The zero-order valence-corrected chi connectivity index (χ0v) is 12.3. The predicted molar refractivity (Wildman–Crippen MR) is 77.5 cm³/mol. The molecule has 0 aliphatic carbocycles. The minimum Gasteiger partial charge on any atom is -0.488 e. The van der Waals surface area contributed by atoms with E-state index >= 15 is 0 Å². The van der Waals surface area contributed by atoms with E-state index in [0.717, 1.165) is 0 Å². The fourth-order valence-electron chi connectivity index (χ4n) is 1.75. The average Bonchev–Trinajstić information content (AvgIpc) is 2.47. The number of aliphatic hydroxyl groups excluding tert-OH is 1. The Labute approximate surface area is 128 Å². The maximum absolute atomic E-state index is 13.6. The summed E-state index contributed by atoms with van der Waals surface area (Å²) in [4.78, 5) is 10.1. The maximum Gasteiger partial charge on any atom is 0.270 e. The van der Waals surface area contributed by atoms with Crippen LogP contribution in [-0.2, 0) is 13.2 Å². The molecule has 0 fully saturated rings. The Kier molecular flexibility index (Phi) is 4.87. The molecule has 2 rings (SSSR count). The molecule has 0 aromatic heterocycles. The number of nitrogens with zero attached hydrogens (tertiary/aromatic N) is 1. The van der Waals surface area contributed by atoms with Gasteiger partial charge in [0.15, 0.2) is 0 Å². The highest BCUT2D eigenvalue weighted by Crippen LogP contribution is 2.26. The summed E-state index contributed by atoms with van der Waals surface area (Å²) in [7, 11) is 0. The second-order valence-corrected chi connectivity index (χ2v) is 5.15. The smallest absolute Gasteiger partial charge is 0.270 e. The van der Waals surface area contributed by atoms with E-state index in [-0.39, 0.29) is 23.6 Å². The molecule has 1 N–H and O–H groups in total. The lowest BCUT2D eigenvalue weighted by Gasteiger charge is -2.11. The van der Waals surface area contributed by atoms with Crippen molar-refractivity contribution in [3.8, 4) is 5.75 Å². The van der Waals surface area contributed by atoms with Crippen molar-refractivity contribution in [1.82, 2.24) is 0 Å². The lowest BCUT2D eigenvalue weighted by atomic mass is 10.2. The summed E-state index contributed by atoms with van der Waals surface area (Å²) in [6.07, 6.45) is 0. The van der Waals surface area contributed by atoms with Crippen LogP contribution < -0.4 is 4.74 Å². The number of hydrogen-bond acceptors (Lipinski definition) is 4. The molecule has 0 amide bonds. The second-order valence-electron chi connectivity index (χ2n) is 4.23. The minimum atomic E-state index is -0.559. The number of aliphatic hydroxyl groups is 1. The number of nitro groups is 1. The van der Waals surface area contributed by atoms with E-state index in [1.54, 1.807) is 12.1 Å². The van der Waals surface area contributed by atoms with Crippen LogP contribution in [0.1, 0.15) is 11.1 Å². The van der Waals surface area contributed by atoms with Crippen LogP contribution in [0.2, 0.25) is 0 Å². The van der Waals surface area contributed by atoms with Crippen LogP contribution in [0.5, 0.6) is 5.75 Å². The average molecular weight is 356 g/mol. The van der Waals surface area contributed by atoms with Crippen molar-refractivity contribution in [1.29, 1.82) is 0 Å². The van der Waals surface area contributed by atoms with Gasteiger partial charge in [0.25, 0.3) is 5.69 Å². The van der Waals surface area contributed by atoms with Crippen LogP contribution in [0.15, 0.2) is 40.9 Å². The molecule has 0 saturated heterocycles. The monoisotopic (exact) mass is 355 g/mol. The third-order valence-corrected chi connectivity index (χ3v) is 3.31. The molecule has 0 saturated carbocycles. The maximum atomic E-state index is 13.6. The molecule has 0 bridgehead atoms. The number of hydrogen-bond donors (Lipinski definition) is 1. The number of non-ortho nitro benzene ring substituents is 1. The van der Waals surface area contributed by atoms with Crippen LogP contribution in [0.4, 0.5) is 10.1 Å². The summed E-state index contributed by atoms with van der Waals surface area (Å²) in [6, 6.07) is 8.35. The first-order valence-corrected chi connectivity index (χ1v) is 6.75.